The number of aliphatic hydroxyl groups excluding tert-OH is 1. The highest BCUT2D eigenvalue weighted by Crippen LogP contribution is 2.37. The second kappa shape index (κ2) is 10.9. The predicted octanol–water partition coefficient (Wildman–Crippen LogP) is 7.12. The molecule has 1 fully saturated rings. The fraction of sp³-hybridized carbons (Fsp3) is 0.481. The summed E-state index contributed by atoms with van der Waals surface area (Å²) in [5.74, 6) is 6.63. The fourth-order valence-corrected chi connectivity index (χ4v) is 4.35. The first-order valence-electron chi connectivity index (χ1n) is 11.3. The van der Waals surface area contributed by atoms with Gasteiger partial charge in [0, 0.05) is 5.56 Å². The molecule has 0 aromatic heterocycles. The average Bonchev–Trinajstić information content (AvgIpc) is 2.77. The molecule has 1 N–H and O–H groups in total. The standard InChI is InChI=1S/C27H31F3O/c1-2-3-4-20-5-12-23(13-6-20)24-14-7-22(8-15-24)19-26(31)18-11-21-9-16-25(17-10-21)27(28,29)30/h5-6,9-10,12-13,16-17,22,24,26,31H,2-4,7-8,14-15,19H2,1H3/t22-,24-,26?. The molecule has 0 radical (unpaired) electrons. The molecule has 0 spiro atoms. The summed E-state index contributed by atoms with van der Waals surface area (Å²) < 4.78 is 37.8. The highest BCUT2D eigenvalue weighted by atomic mass is 19.4. The van der Waals surface area contributed by atoms with Crippen LogP contribution in [0.15, 0.2) is 48.5 Å². The van der Waals surface area contributed by atoms with Gasteiger partial charge in [-0.15, -0.1) is 0 Å². The van der Waals surface area contributed by atoms with E-state index in [-0.39, 0.29) is 0 Å². The Kier molecular flexibility index (Phi) is 8.21. The summed E-state index contributed by atoms with van der Waals surface area (Å²) in [5.41, 5.74) is 2.62. The Labute approximate surface area is 183 Å². The first kappa shape index (κ1) is 23.4. The lowest BCUT2D eigenvalue weighted by atomic mass is 9.77. The summed E-state index contributed by atoms with van der Waals surface area (Å²) in [6, 6.07) is 13.8. The van der Waals surface area contributed by atoms with Crippen molar-refractivity contribution >= 4 is 0 Å². The molecular formula is C27H31F3O. The third-order valence-corrected chi connectivity index (χ3v) is 6.27. The van der Waals surface area contributed by atoms with Gasteiger partial charge in [-0.25, -0.2) is 0 Å². The van der Waals surface area contributed by atoms with Crippen LogP contribution < -0.4 is 0 Å². The van der Waals surface area contributed by atoms with Gasteiger partial charge in [0.05, 0.1) is 5.56 Å². The van der Waals surface area contributed by atoms with Gasteiger partial charge in [0.25, 0.3) is 0 Å². The molecule has 1 unspecified atom stereocenters. The highest BCUT2D eigenvalue weighted by molar-refractivity contribution is 5.37. The van der Waals surface area contributed by atoms with Crippen molar-refractivity contribution < 1.29 is 18.3 Å². The number of rotatable bonds is 6. The first-order chi connectivity index (χ1) is 14.8. The molecule has 166 valence electrons. The van der Waals surface area contributed by atoms with Crippen LogP contribution in [0.4, 0.5) is 13.2 Å². The van der Waals surface area contributed by atoms with Crippen molar-refractivity contribution in [3.05, 3.63) is 70.8 Å². The lowest BCUT2D eigenvalue weighted by Crippen LogP contribution is -2.18. The van der Waals surface area contributed by atoms with Gasteiger partial charge in [-0.1, -0.05) is 49.5 Å². The zero-order valence-corrected chi connectivity index (χ0v) is 18.1. The van der Waals surface area contributed by atoms with Crippen LogP contribution >= 0.6 is 0 Å². The molecule has 4 heteroatoms. The smallest absolute Gasteiger partial charge is 0.380 e. The van der Waals surface area contributed by atoms with E-state index < -0.39 is 17.8 Å². The van der Waals surface area contributed by atoms with Crippen LogP contribution in [0.25, 0.3) is 0 Å². The minimum Gasteiger partial charge on any atom is -0.380 e. The third kappa shape index (κ3) is 7.14. The Hall–Kier alpha value is -2.25. The Morgan fingerprint density at radius 2 is 1.61 bits per heavy atom. The minimum atomic E-state index is -4.35. The van der Waals surface area contributed by atoms with Crippen LogP contribution in [0, 0.1) is 17.8 Å². The van der Waals surface area contributed by atoms with Crippen molar-refractivity contribution in [1.82, 2.24) is 0 Å². The summed E-state index contributed by atoms with van der Waals surface area (Å²) in [4.78, 5) is 0. The molecule has 1 aliphatic carbocycles. The maximum atomic E-state index is 12.6. The zero-order chi connectivity index (χ0) is 22.3. The summed E-state index contributed by atoms with van der Waals surface area (Å²) in [6.45, 7) is 2.21. The van der Waals surface area contributed by atoms with Gasteiger partial charge in [-0.05, 0) is 92.2 Å². The Morgan fingerprint density at radius 3 is 2.19 bits per heavy atom. The van der Waals surface area contributed by atoms with Gasteiger partial charge in [-0.2, -0.15) is 13.2 Å². The maximum absolute atomic E-state index is 12.6. The topological polar surface area (TPSA) is 20.2 Å². The van der Waals surface area contributed by atoms with E-state index in [4.69, 9.17) is 0 Å². The summed E-state index contributed by atoms with van der Waals surface area (Å²) in [5, 5.41) is 10.3. The second-order valence-corrected chi connectivity index (χ2v) is 8.66. The van der Waals surface area contributed by atoms with Crippen molar-refractivity contribution in [2.45, 2.75) is 76.5 Å². The number of hydrogen-bond acceptors (Lipinski definition) is 1. The van der Waals surface area contributed by atoms with E-state index >= 15 is 0 Å². The van der Waals surface area contributed by atoms with E-state index in [2.05, 4.69) is 43.0 Å². The van der Waals surface area contributed by atoms with Gasteiger partial charge in [0.1, 0.15) is 6.10 Å². The quantitative estimate of drug-likeness (QED) is 0.486. The number of aliphatic hydroxyl groups is 1. The van der Waals surface area contributed by atoms with E-state index in [1.807, 2.05) is 0 Å². The molecule has 0 amide bonds. The summed E-state index contributed by atoms with van der Waals surface area (Å²) in [7, 11) is 0. The van der Waals surface area contributed by atoms with Crippen LogP contribution in [0.2, 0.25) is 0 Å². The second-order valence-electron chi connectivity index (χ2n) is 8.66. The average molecular weight is 429 g/mol. The molecule has 1 nitrogen and oxygen atoms in total. The van der Waals surface area contributed by atoms with Crippen molar-refractivity contribution in [2.75, 3.05) is 0 Å². The maximum Gasteiger partial charge on any atom is 0.416 e. The van der Waals surface area contributed by atoms with Crippen molar-refractivity contribution in [3.63, 3.8) is 0 Å². The molecule has 0 aliphatic heterocycles. The Bertz CT molecular complexity index is 864. The van der Waals surface area contributed by atoms with Gasteiger partial charge in [-0.3, -0.25) is 0 Å². The molecule has 1 saturated carbocycles. The molecule has 3 rings (SSSR count). The number of unbranched alkanes of at least 4 members (excludes halogenated alkanes) is 1. The van der Waals surface area contributed by atoms with E-state index in [1.54, 1.807) is 0 Å². The molecule has 0 bridgehead atoms. The van der Waals surface area contributed by atoms with Crippen LogP contribution in [0.1, 0.15) is 80.0 Å². The summed E-state index contributed by atoms with van der Waals surface area (Å²) >= 11 is 0. The van der Waals surface area contributed by atoms with E-state index in [0.29, 0.717) is 23.8 Å². The SMILES string of the molecule is CCCCc1ccc([C@H]2CC[C@H](CC(O)C#Cc3ccc(C(F)(F)F)cc3)CC2)cc1. The van der Waals surface area contributed by atoms with Crippen molar-refractivity contribution in [3.8, 4) is 11.8 Å². The lowest BCUT2D eigenvalue weighted by molar-refractivity contribution is -0.137. The number of benzene rings is 2. The Morgan fingerprint density at radius 1 is 0.968 bits per heavy atom. The lowest BCUT2D eigenvalue weighted by Gasteiger charge is -2.29. The van der Waals surface area contributed by atoms with Gasteiger partial charge < -0.3 is 5.11 Å². The number of hydrogen-bond donors (Lipinski definition) is 1. The molecule has 0 saturated heterocycles. The van der Waals surface area contributed by atoms with Gasteiger partial charge in [0.15, 0.2) is 0 Å². The molecule has 0 heterocycles. The third-order valence-electron chi connectivity index (χ3n) is 6.27. The van der Waals surface area contributed by atoms with Crippen LogP contribution in [-0.2, 0) is 12.6 Å². The largest absolute Gasteiger partial charge is 0.416 e. The monoisotopic (exact) mass is 428 g/mol. The first-order valence-corrected chi connectivity index (χ1v) is 11.3. The fourth-order valence-electron chi connectivity index (χ4n) is 4.35. The van der Waals surface area contributed by atoms with Crippen LogP contribution in [0.5, 0.6) is 0 Å². The molecule has 1 aliphatic rings. The van der Waals surface area contributed by atoms with Gasteiger partial charge in [0.2, 0.25) is 0 Å². The van der Waals surface area contributed by atoms with Crippen LogP contribution in [-0.4, -0.2) is 11.2 Å². The molecule has 2 aromatic rings. The zero-order valence-electron chi connectivity index (χ0n) is 18.1. The molecular weight excluding hydrogens is 397 g/mol. The van der Waals surface area contributed by atoms with Gasteiger partial charge >= 0.3 is 6.18 Å². The summed E-state index contributed by atoms with van der Waals surface area (Å²) in [6.07, 6.45) is 3.51. The number of alkyl halides is 3. The van der Waals surface area contributed by atoms with Crippen molar-refractivity contribution in [1.29, 1.82) is 0 Å². The van der Waals surface area contributed by atoms with E-state index in [0.717, 1.165) is 44.2 Å². The molecule has 2 aromatic carbocycles. The number of aryl methyl sites for hydroxylation is 1. The number of halogens is 3. The van der Waals surface area contributed by atoms with E-state index in [9.17, 15) is 18.3 Å². The highest BCUT2D eigenvalue weighted by Gasteiger charge is 2.29. The van der Waals surface area contributed by atoms with Crippen molar-refractivity contribution in [2.24, 2.45) is 5.92 Å². The normalized spacial score (nSPS) is 20.0. The minimum absolute atomic E-state index is 0.442. The van der Waals surface area contributed by atoms with E-state index in [1.165, 1.54) is 36.1 Å². The molecule has 31 heavy (non-hydrogen) atoms. The van der Waals surface area contributed by atoms with Crippen LogP contribution in [0.3, 0.4) is 0 Å². The Balaban J connectivity index is 1.46. The predicted molar refractivity (Wildman–Crippen MR) is 119 cm³/mol. The molecule has 1 atom stereocenters.